The molecule has 0 aromatic heterocycles. The molecule has 3 aromatic rings. The summed E-state index contributed by atoms with van der Waals surface area (Å²) < 4.78 is 25.7. The van der Waals surface area contributed by atoms with Crippen LogP contribution in [0.5, 0.6) is 11.5 Å². The number of methoxy groups -OCH3 is 2. The number of carbonyl (C=O) groups is 2. The van der Waals surface area contributed by atoms with Gasteiger partial charge in [0.05, 0.1) is 14.2 Å². The van der Waals surface area contributed by atoms with E-state index >= 15 is 0 Å². The number of ketones is 2. The fraction of sp³-hybridized carbons (Fsp3) is 0.375. The van der Waals surface area contributed by atoms with Crippen LogP contribution in [0.4, 0.5) is 4.39 Å². The third-order valence-electron chi connectivity index (χ3n) is 7.69. The van der Waals surface area contributed by atoms with Crippen LogP contribution < -0.4 is 9.47 Å². The average Bonchev–Trinajstić information content (AvgIpc) is 2.96. The molecule has 0 bridgehead atoms. The number of nitrogens with zero attached hydrogens (tertiary/aromatic N) is 2. The van der Waals surface area contributed by atoms with Crippen molar-refractivity contribution in [3.8, 4) is 11.5 Å². The smallest absolute Gasteiger partial charge is 0.167 e. The number of carbonyl (C=O) groups excluding carboxylic acids is 2. The summed E-state index contributed by atoms with van der Waals surface area (Å²) in [5, 5.41) is 0. The minimum absolute atomic E-state index is 0.0828. The minimum Gasteiger partial charge on any atom is -0.497 e. The minimum atomic E-state index is -0.562. The van der Waals surface area contributed by atoms with Crippen molar-refractivity contribution in [2.45, 2.75) is 12.8 Å². The number of likely N-dealkylation sites (tertiary alicyclic amines) is 1. The first kappa shape index (κ1) is 28.5. The molecule has 0 N–H and O–H groups in total. The van der Waals surface area contributed by atoms with Gasteiger partial charge < -0.3 is 19.3 Å². The highest BCUT2D eigenvalue weighted by Crippen LogP contribution is 2.42. The molecule has 0 radical (unpaired) electrons. The van der Waals surface area contributed by atoms with Gasteiger partial charge in [0.15, 0.2) is 11.6 Å². The van der Waals surface area contributed by atoms with E-state index in [1.807, 2.05) is 20.2 Å². The van der Waals surface area contributed by atoms with Crippen LogP contribution in [0.2, 0.25) is 0 Å². The standard InChI is InChI=1S/C32H37FN2O4/c1-21-26(13-8-14-29(21)33)30-27(31(36)22-9-6-11-24(17-22)38-4)19-35(16-15-34(2)3)20-28(30)32(37)23-10-7-12-25(18-23)39-5/h6-14,17-18,27-28,30H,15-16,19-20H2,1-5H3/t27-,28-/m0/s1. The summed E-state index contributed by atoms with van der Waals surface area (Å²) in [7, 11) is 7.13. The topological polar surface area (TPSA) is 59.1 Å². The molecular formula is C32H37FN2O4. The van der Waals surface area contributed by atoms with Crippen molar-refractivity contribution in [2.75, 3.05) is 54.5 Å². The van der Waals surface area contributed by atoms with Gasteiger partial charge in [0.1, 0.15) is 17.3 Å². The van der Waals surface area contributed by atoms with Crippen LogP contribution in [-0.4, -0.2) is 75.9 Å². The molecule has 206 valence electrons. The van der Waals surface area contributed by atoms with Gasteiger partial charge in [-0.25, -0.2) is 4.39 Å². The molecule has 1 aliphatic rings. The van der Waals surface area contributed by atoms with Crippen molar-refractivity contribution in [3.63, 3.8) is 0 Å². The number of hydrogen-bond acceptors (Lipinski definition) is 6. The van der Waals surface area contributed by atoms with Gasteiger partial charge in [-0.15, -0.1) is 0 Å². The Morgan fingerprint density at radius 2 is 1.38 bits per heavy atom. The first-order chi connectivity index (χ1) is 18.7. The number of rotatable bonds is 10. The van der Waals surface area contributed by atoms with E-state index in [1.165, 1.54) is 6.07 Å². The normalized spacial score (nSPS) is 18.2. The van der Waals surface area contributed by atoms with Crippen LogP contribution in [-0.2, 0) is 0 Å². The lowest BCUT2D eigenvalue weighted by Gasteiger charge is -2.44. The van der Waals surface area contributed by atoms with E-state index in [2.05, 4.69) is 9.80 Å². The maximum absolute atomic E-state index is 14.9. The Balaban J connectivity index is 1.85. The maximum Gasteiger partial charge on any atom is 0.167 e. The van der Waals surface area contributed by atoms with E-state index in [0.717, 1.165) is 6.54 Å². The van der Waals surface area contributed by atoms with E-state index in [-0.39, 0.29) is 17.4 Å². The molecule has 1 heterocycles. The van der Waals surface area contributed by atoms with E-state index < -0.39 is 17.8 Å². The van der Waals surface area contributed by atoms with Gasteiger partial charge in [0, 0.05) is 55.1 Å². The maximum atomic E-state index is 14.9. The molecule has 7 heteroatoms. The molecule has 6 nitrogen and oxygen atoms in total. The van der Waals surface area contributed by atoms with Crippen LogP contribution in [0.25, 0.3) is 0 Å². The highest BCUT2D eigenvalue weighted by Gasteiger charge is 2.45. The summed E-state index contributed by atoms with van der Waals surface area (Å²) in [4.78, 5) is 32.7. The van der Waals surface area contributed by atoms with Crippen LogP contribution in [0.3, 0.4) is 0 Å². The SMILES string of the molecule is COc1cccc(C(=O)[C@H]2CN(CCN(C)C)C[C@H](C(=O)c3cccc(OC)c3)C2c2cccc(F)c2C)c1. The van der Waals surface area contributed by atoms with Gasteiger partial charge in [0.2, 0.25) is 0 Å². The molecule has 2 atom stereocenters. The van der Waals surface area contributed by atoms with Crippen LogP contribution >= 0.6 is 0 Å². The number of piperidine rings is 1. The van der Waals surface area contributed by atoms with Crippen molar-refractivity contribution in [1.29, 1.82) is 0 Å². The number of hydrogen-bond donors (Lipinski definition) is 0. The Bertz CT molecular complexity index is 1260. The summed E-state index contributed by atoms with van der Waals surface area (Å²) >= 11 is 0. The second-order valence-corrected chi connectivity index (χ2v) is 10.4. The molecule has 0 spiro atoms. The Kier molecular flexibility index (Phi) is 9.15. The molecule has 0 saturated carbocycles. The molecule has 1 aliphatic heterocycles. The van der Waals surface area contributed by atoms with Crippen LogP contribution in [0, 0.1) is 24.6 Å². The average molecular weight is 533 g/mol. The third kappa shape index (κ3) is 6.37. The molecule has 39 heavy (non-hydrogen) atoms. The highest BCUT2D eigenvalue weighted by molar-refractivity contribution is 6.02. The molecule has 0 unspecified atom stereocenters. The molecule has 4 rings (SSSR count). The van der Waals surface area contributed by atoms with Gasteiger partial charge in [0.25, 0.3) is 0 Å². The predicted molar refractivity (Wildman–Crippen MR) is 151 cm³/mol. The number of ether oxygens (including phenoxy) is 2. The van der Waals surface area contributed by atoms with Crippen LogP contribution in [0.15, 0.2) is 66.7 Å². The first-order valence-corrected chi connectivity index (χ1v) is 13.2. The van der Waals surface area contributed by atoms with Crippen molar-refractivity contribution in [3.05, 3.63) is 94.8 Å². The molecule has 3 aromatic carbocycles. The van der Waals surface area contributed by atoms with Gasteiger partial charge in [-0.3, -0.25) is 9.59 Å². The summed E-state index contributed by atoms with van der Waals surface area (Å²) in [6, 6.07) is 19.1. The highest BCUT2D eigenvalue weighted by atomic mass is 19.1. The number of likely N-dealkylation sites (N-methyl/N-ethyl adjacent to an activating group) is 1. The largest absolute Gasteiger partial charge is 0.497 e. The summed E-state index contributed by atoms with van der Waals surface area (Å²) in [6.45, 7) is 4.14. The van der Waals surface area contributed by atoms with E-state index in [1.54, 1.807) is 75.7 Å². The zero-order chi connectivity index (χ0) is 28.1. The quantitative estimate of drug-likeness (QED) is 0.338. The lowest BCUT2D eigenvalue weighted by molar-refractivity contribution is 0.0558. The van der Waals surface area contributed by atoms with Crippen molar-refractivity contribution >= 4 is 11.6 Å². The molecule has 1 fully saturated rings. The Morgan fingerprint density at radius 3 is 1.87 bits per heavy atom. The fourth-order valence-electron chi connectivity index (χ4n) is 5.55. The summed E-state index contributed by atoms with van der Waals surface area (Å²) in [5.74, 6) is -0.967. The molecule has 1 saturated heterocycles. The van der Waals surface area contributed by atoms with E-state index in [0.29, 0.717) is 53.4 Å². The van der Waals surface area contributed by atoms with Gasteiger partial charge >= 0.3 is 0 Å². The third-order valence-corrected chi connectivity index (χ3v) is 7.69. The van der Waals surface area contributed by atoms with Crippen molar-refractivity contribution < 1.29 is 23.5 Å². The second kappa shape index (κ2) is 12.5. The first-order valence-electron chi connectivity index (χ1n) is 13.2. The lowest BCUT2D eigenvalue weighted by Crippen LogP contribution is -2.51. The Hall–Kier alpha value is -3.55. The van der Waals surface area contributed by atoms with Crippen LogP contribution in [0.1, 0.15) is 37.8 Å². The van der Waals surface area contributed by atoms with Gasteiger partial charge in [-0.1, -0.05) is 36.4 Å². The van der Waals surface area contributed by atoms with E-state index in [9.17, 15) is 14.0 Å². The molecular weight excluding hydrogens is 495 g/mol. The molecule has 0 aliphatic carbocycles. The van der Waals surface area contributed by atoms with Crippen molar-refractivity contribution in [2.24, 2.45) is 11.8 Å². The Labute approximate surface area is 230 Å². The zero-order valence-electron chi connectivity index (χ0n) is 23.3. The van der Waals surface area contributed by atoms with Gasteiger partial charge in [-0.05, 0) is 62.5 Å². The van der Waals surface area contributed by atoms with Gasteiger partial charge in [-0.2, -0.15) is 0 Å². The fourth-order valence-corrected chi connectivity index (χ4v) is 5.55. The number of Topliss-reactive ketones (excluding diaryl/α,β-unsaturated/α-hetero) is 2. The molecule has 0 amide bonds. The summed E-state index contributed by atoms with van der Waals surface area (Å²) in [6.07, 6.45) is 0. The lowest BCUT2D eigenvalue weighted by atomic mass is 9.67. The Morgan fingerprint density at radius 1 is 0.872 bits per heavy atom. The summed E-state index contributed by atoms with van der Waals surface area (Å²) in [5.41, 5.74) is 2.20. The number of halogens is 1. The zero-order valence-corrected chi connectivity index (χ0v) is 23.3. The van der Waals surface area contributed by atoms with E-state index in [4.69, 9.17) is 9.47 Å². The predicted octanol–water partition coefficient (Wildman–Crippen LogP) is 5.11. The monoisotopic (exact) mass is 532 g/mol. The van der Waals surface area contributed by atoms with Crippen molar-refractivity contribution in [1.82, 2.24) is 9.80 Å². The number of benzene rings is 3. The second-order valence-electron chi connectivity index (χ2n) is 10.4.